The first-order valence-electron chi connectivity index (χ1n) is 7.60. The third-order valence-corrected chi connectivity index (χ3v) is 5.73. The molecule has 0 bridgehead atoms. The van der Waals surface area contributed by atoms with Crippen LogP contribution in [0.5, 0.6) is 0 Å². The first kappa shape index (κ1) is 14.0. The van der Waals surface area contributed by atoms with Gasteiger partial charge in [-0.3, -0.25) is 11.3 Å². The molecular formula is C16H23N3S. The molecule has 108 valence electrons. The zero-order valence-corrected chi connectivity index (χ0v) is 12.8. The number of para-hydroxylation sites is 1. The van der Waals surface area contributed by atoms with E-state index in [0.717, 1.165) is 17.9 Å². The fourth-order valence-corrected chi connectivity index (χ4v) is 4.43. The molecule has 1 aromatic heterocycles. The molecule has 20 heavy (non-hydrogen) atoms. The number of rotatable bonds is 5. The molecular weight excluding hydrogens is 266 g/mol. The molecule has 3 unspecified atom stereocenters. The summed E-state index contributed by atoms with van der Waals surface area (Å²) in [5.41, 5.74) is 4.16. The van der Waals surface area contributed by atoms with Crippen molar-refractivity contribution >= 4 is 21.6 Å². The number of hydrazine groups is 1. The molecule has 0 spiro atoms. The fourth-order valence-electron chi connectivity index (χ4n) is 3.41. The van der Waals surface area contributed by atoms with Crippen LogP contribution in [-0.2, 0) is 6.42 Å². The van der Waals surface area contributed by atoms with Gasteiger partial charge in [-0.15, -0.1) is 11.3 Å². The summed E-state index contributed by atoms with van der Waals surface area (Å²) in [6, 6.07) is 8.72. The van der Waals surface area contributed by atoms with Crippen LogP contribution in [0.3, 0.4) is 0 Å². The summed E-state index contributed by atoms with van der Waals surface area (Å²) in [5, 5.41) is 1.20. The predicted molar refractivity (Wildman–Crippen MR) is 85.6 cm³/mol. The molecule has 0 radical (unpaired) electrons. The highest BCUT2D eigenvalue weighted by atomic mass is 32.1. The summed E-state index contributed by atoms with van der Waals surface area (Å²) < 4.78 is 1.27. The topological polar surface area (TPSA) is 50.9 Å². The Bertz CT molecular complexity index is 533. The maximum atomic E-state index is 5.81. The number of benzene rings is 1. The van der Waals surface area contributed by atoms with Gasteiger partial charge >= 0.3 is 0 Å². The summed E-state index contributed by atoms with van der Waals surface area (Å²) >= 11 is 1.80. The van der Waals surface area contributed by atoms with Gasteiger partial charge in [0.2, 0.25) is 0 Å². The number of hydrogen-bond acceptors (Lipinski definition) is 4. The first-order valence-corrected chi connectivity index (χ1v) is 8.42. The summed E-state index contributed by atoms with van der Waals surface area (Å²) in [7, 11) is 0. The SMILES string of the molecule is CCC1CCC(C(Cc2nc3ccccc3s2)NN)C1. The largest absolute Gasteiger partial charge is 0.271 e. The Labute approximate surface area is 124 Å². The number of nitrogens with one attached hydrogen (secondary N) is 1. The van der Waals surface area contributed by atoms with Crippen LogP contribution in [0.4, 0.5) is 0 Å². The van der Waals surface area contributed by atoms with Gasteiger partial charge in [0.15, 0.2) is 0 Å². The lowest BCUT2D eigenvalue weighted by Gasteiger charge is -2.22. The maximum absolute atomic E-state index is 5.81. The van der Waals surface area contributed by atoms with Gasteiger partial charge in [-0.25, -0.2) is 4.98 Å². The normalized spacial score (nSPS) is 24.3. The predicted octanol–water partition coefficient (Wildman–Crippen LogP) is 3.50. The standard InChI is InChI=1S/C16H23N3S/c1-2-11-7-8-12(9-11)14(19-17)10-16-18-13-5-3-4-6-15(13)20-16/h3-6,11-12,14,19H,2,7-10,17H2,1H3. The molecule has 1 aliphatic rings. The Balaban J connectivity index is 1.71. The second kappa shape index (κ2) is 6.20. The van der Waals surface area contributed by atoms with Gasteiger partial charge in [-0.1, -0.05) is 31.9 Å². The minimum absolute atomic E-state index is 0.368. The molecule has 1 heterocycles. The van der Waals surface area contributed by atoms with E-state index in [1.807, 2.05) is 6.07 Å². The van der Waals surface area contributed by atoms with Crippen molar-refractivity contribution < 1.29 is 0 Å². The second-order valence-electron chi connectivity index (χ2n) is 5.90. The third-order valence-electron chi connectivity index (χ3n) is 4.67. The first-order chi connectivity index (χ1) is 9.80. The summed E-state index contributed by atoms with van der Waals surface area (Å²) in [4.78, 5) is 4.73. The van der Waals surface area contributed by atoms with Crippen LogP contribution in [0.15, 0.2) is 24.3 Å². The van der Waals surface area contributed by atoms with Crippen LogP contribution >= 0.6 is 11.3 Å². The van der Waals surface area contributed by atoms with Crippen molar-refractivity contribution in [3.05, 3.63) is 29.3 Å². The van der Waals surface area contributed by atoms with Gasteiger partial charge in [0.05, 0.1) is 15.2 Å². The van der Waals surface area contributed by atoms with E-state index in [0.29, 0.717) is 12.0 Å². The number of nitrogens with two attached hydrogens (primary N) is 1. The van der Waals surface area contributed by atoms with Crippen molar-refractivity contribution in [1.29, 1.82) is 0 Å². The van der Waals surface area contributed by atoms with Gasteiger partial charge in [0.1, 0.15) is 0 Å². The average molecular weight is 289 g/mol. The van der Waals surface area contributed by atoms with Crippen molar-refractivity contribution in [1.82, 2.24) is 10.4 Å². The quantitative estimate of drug-likeness (QED) is 0.654. The van der Waals surface area contributed by atoms with Gasteiger partial charge in [-0.2, -0.15) is 0 Å². The fraction of sp³-hybridized carbons (Fsp3) is 0.562. The van der Waals surface area contributed by atoms with Gasteiger partial charge in [-0.05, 0) is 36.8 Å². The lowest BCUT2D eigenvalue weighted by atomic mass is 9.94. The van der Waals surface area contributed by atoms with E-state index >= 15 is 0 Å². The van der Waals surface area contributed by atoms with Gasteiger partial charge in [0, 0.05) is 12.5 Å². The molecule has 0 aliphatic heterocycles. The third kappa shape index (κ3) is 2.87. The molecule has 1 saturated carbocycles. The van der Waals surface area contributed by atoms with E-state index in [1.54, 1.807) is 11.3 Å². The average Bonchev–Trinajstić information content (AvgIpc) is 3.10. The van der Waals surface area contributed by atoms with E-state index < -0.39 is 0 Å². The lowest BCUT2D eigenvalue weighted by molar-refractivity contribution is 0.347. The van der Waals surface area contributed by atoms with E-state index in [2.05, 4.69) is 30.5 Å². The van der Waals surface area contributed by atoms with E-state index in [9.17, 15) is 0 Å². The zero-order chi connectivity index (χ0) is 13.9. The van der Waals surface area contributed by atoms with Crippen molar-refractivity contribution in [3.63, 3.8) is 0 Å². The Morgan fingerprint density at radius 1 is 1.40 bits per heavy atom. The van der Waals surface area contributed by atoms with Crippen molar-refractivity contribution in [2.24, 2.45) is 17.7 Å². The molecule has 0 amide bonds. The molecule has 1 aromatic carbocycles. The number of hydrogen-bond donors (Lipinski definition) is 2. The van der Waals surface area contributed by atoms with E-state index in [1.165, 1.54) is 35.4 Å². The zero-order valence-electron chi connectivity index (χ0n) is 12.0. The number of thiazole rings is 1. The number of nitrogens with zero attached hydrogens (tertiary/aromatic N) is 1. The Kier molecular flexibility index (Phi) is 4.34. The van der Waals surface area contributed by atoms with Crippen LogP contribution in [0, 0.1) is 11.8 Å². The van der Waals surface area contributed by atoms with Crippen LogP contribution in [-0.4, -0.2) is 11.0 Å². The molecule has 4 heteroatoms. The summed E-state index contributed by atoms with van der Waals surface area (Å²) in [6.07, 6.45) is 6.24. The molecule has 3 nitrogen and oxygen atoms in total. The minimum atomic E-state index is 0.368. The Morgan fingerprint density at radius 2 is 2.25 bits per heavy atom. The van der Waals surface area contributed by atoms with Crippen molar-refractivity contribution in [3.8, 4) is 0 Å². The van der Waals surface area contributed by atoms with Crippen LogP contribution in [0.1, 0.15) is 37.6 Å². The van der Waals surface area contributed by atoms with Crippen LogP contribution in [0.2, 0.25) is 0 Å². The second-order valence-corrected chi connectivity index (χ2v) is 7.02. The Hall–Kier alpha value is -0.970. The summed E-state index contributed by atoms with van der Waals surface area (Å²) in [5.74, 6) is 7.41. The van der Waals surface area contributed by atoms with Crippen molar-refractivity contribution in [2.45, 2.75) is 45.1 Å². The van der Waals surface area contributed by atoms with E-state index in [-0.39, 0.29) is 0 Å². The Morgan fingerprint density at radius 3 is 2.95 bits per heavy atom. The summed E-state index contributed by atoms with van der Waals surface area (Å²) in [6.45, 7) is 2.30. The number of aromatic nitrogens is 1. The molecule has 2 aromatic rings. The molecule has 0 saturated heterocycles. The highest BCUT2D eigenvalue weighted by Crippen LogP contribution is 2.36. The van der Waals surface area contributed by atoms with Crippen LogP contribution in [0.25, 0.3) is 10.2 Å². The lowest BCUT2D eigenvalue weighted by Crippen LogP contribution is -2.41. The monoisotopic (exact) mass is 289 g/mol. The molecule has 1 fully saturated rings. The molecule has 3 rings (SSSR count). The highest BCUT2D eigenvalue weighted by molar-refractivity contribution is 7.18. The maximum Gasteiger partial charge on any atom is 0.0954 e. The number of fused-ring (bicyclic) bond motifs is 1. The van der Waals surface area contributed by atoms with Gasteiger partial charge in [0.25, 0.3) is 0 Å². The smallest absolute Gasteiger partial charge is 0.0954 e. The van der Waals surface area contributed by atoms with Crippen molar-refractivity contribution in [2.75, 3.05) is 0 Å². The van der Waals surface area contributed by atoms with Gasteiger partial charge < -0.3 is 0 Å². The van der Waals surface area contributed by atoms with E-state index in [4.69, 9.17) is 10.8 Å². The molecule has 3 atom stereocenters. The molecule has 3 N–H and O–H groups in total. The highest BCUT2D eigenvalue weighted by Gasteiger charge is 2.30. The minimum Gasteiger partial charge on any atom is -0.271 e. The molecule has 1 aliphatic carbocycles. The van der Waals surface area contributed by atoms with Crippen LogP contribution < -0.4 is 11.3 Å².